The number of carbonyl (C=O) groups excluding carboxylic acids is 1. The number of nitriles is 1. The Morgan fingerprint density at radius 2 is 2.04 bits per heavy atom. The Balaban J connectivity index is 1.74. The van der Waals surface area contributed by atoms with Crippen LogP contribution >= 0.6 is 0 Å². The molecule has 4 aromatic rings. The van der Waals surface area contributed by atoms with Crippen molar-refractivity contribution in [1.29, 1.82) is 5.26 Å². The standard InChI is InChI=1S/C19H15N7O/c1-12-9-16(26(23-12)14-6-4-5-13(10-14)11-20)22-19(27)17-15-7-2-3-8-25(15)24-18(17)21/h2-10H,1H3,(H2,21,24)(H,22,27). The van der Waals surface area contributed by atoms with E-state index < -0.39 is 0 Å². The van der Waals surface area contributed by atoms with Gasteiger partial charge in [-0.1, -0.05) is 12.1 Å². The number of amides is 1. The molecule has 27 heavy (non-hydrogen) atoms. The second-order valence-electron chi connectivity index (χ2n) is 5.99. The minimum absolute atomic E-state index is 0.146. The van der Waals surface area contributed by atoms with E-state index in [-0.39, 0.29) is 11.7 Å². The summed E-state index contributed by atoms with van der Waals surface area (Å²) < 4.78 is 3.14. The lowest BCUT2D eigenvalue weighted by molar-refractivity contribution is 0.102. The molecule has 1 aromatic carbocycles. The molecule has 0 unspecified atom stereocenters. The average molecular weight is 357 g/mol. The molecule has 8 nitrogen and oxygen atoms in total. The summed E-state index contributed by atoms with van der Waals surface area (Å²) in [7, 11) is 0. The smallest absolute Gasteiger partial charge is 0.262 e. The fraction of sp³-hybridized carbons (Fsp3) is 0.0526. The number of nitrogens with two attached hydrogens (primary N) is 1. The van der Waals surface area contributed by atoms with Gasteiger partial charge in [0.2, 0.25) is 0 Å². The highest BCUT2D eigenvalue weighted by Crippen LogP contribution is 2.22. The van der Waals surface area contributed by atoms with Gasteiger partial charge >= 0.3 is 0 Å². The van der Waals surface area contributed by atoms with E-state index in [1.54, 1.807) is 45.7 Å². The van der Waals surface area contributed by atoms with Crippen molar-refractivity contribution < 1.29 is 4.79 Å². The molecule has 0 aliphatic carbocycles. The zero-order valence-corrected chi connectivity index (χ0v) is 14.4. The molecule has 0 aliphatic rings. The van der Waals surface area contributed by atoms with Crippen LogP contribution < -0.4 is 11.1 Å². The van der Waals surface area contributed by atoms with Crippen LogP contribution in [0.3, 0.4) is 0 Å². The number of aryl methyl sites for hydroxylation is 1. The van der Waals surface area contributed by atoms with Crippen molar-refractivity contribution in [1.82, 2.24) is 19.4 Å². The minimum Gasteiger partial charge on any atom is -0.382 e. The molecule has 0 aliphatic heterocycles. The molecule has 0 bridgehead atoms. The van der Waals surface area contributed by atoms with Gasteiger partial charge in [0.15, 0.2) is 5.82 Å². The number of hydrogen-bond acceptors (Lipinski definition) is 5. The first-order valence-corrected chi connectivity index (χ1v) is 8.18. The summed E-state index contributed by atoms with van der Waals surface area (Å²) in [4.78, 5) is 12.9. The summed E-state index contributed by atoms with van der Waals surface area (Å²) in [5.41, 5.74) is 8.76. The van der Waals surface area contributed by atoms with E-state index in [9.17, 15) is 4.79 Å². The molecular weight excluding hydrogens is 342 g/mol. The van der Waals surface area contributed by atoms with Crippen molar-refractivity contribution in [3.63, 3.8) is 0 Å². The van der Waals surface area contributed by atoms with Gasteiger partial charge in [0.25, 0.3) is 5.91 Å². The molecule has 1 amide bonds. The number of benzene rings is 1. The summed E-state index contributed by atoms with van der Waals surface area (Å²) in [6.45, 7) is 1.82. The van der Waals surface area contributed by atoms with Crippen LogP contribution in [0.15, 0.2) is 54.7 Å². The van der Waals surface area contributed by atoms with Gasteiger partial charge in [-0.15, -0.1) is 5.10 Å². The van der Waals surface area contributed by atoms with Crippen molar-refractivity contribution in [3.8, 4) is 11.8 Å². The Labute approximate surface area is 154 Å². The quantitative estimate of drug-likeness (QED) is 0.585. The summed E-state index contributed by atoms with van der Waals surface area (Å²) in [6.07, 6.45) is 1.73. The lowest BCUT2D eigenvalue weighted by Gasteiger charge is -2.09. The Kier molecular flexibility index (Phi) is 3.82. The van der Waals surface area contributed by atoms with Crippen LogP contribution in [0.4, 0.5) is 11.6 Å². The van der Waals surface area contributed by atoms with Gasteiger partial charge in [-0.05, 0) is 37.3 Å². The van der Waals surface area contributed by atoms with Gasteiger partial charge in [-0.2, -0.15) is 10.4 Å². The largest absolute Gasteiger partial charge is 0.382 e. The van der Waals surface area contributed by atoms with E-state index in [4.69, 9.17) is 11.0 Å². The van der Waals surface area contributed by atoms with E-state index >= 15 is 0 Å². The molecule has 8 heteroatoms. The maximum atomic E-state index is 12.9. The first kappa shape index (κ1) is 16.4. The van der Waals surface area contributed by atoms with Gasteiger partial charge in [-0.25, -0.2) is 9.20 Å². The Morgan fingerprint density at radius 1 is 1.19 bits per heavy atom. The molecule has 0 fully saturated rings. The van der Waals surface area contributed by atoms with E-state index in [1.165, 1.54) is 0 Å². The Bertz CT molecular complexity index is 1210. The third-order valence-corrected chi connectivity index (χ3v) is 4.09. The van der Waals surface area contributed by atoms with Gasteiger partial charge < -0.3 is 11.1 Å². The van der Waals surface area contributed by atoms with E-state index in [0.29, 0.717) is 28.1 Å². The van der Waals surface area contributed by atoms with Crippen molar-refractivity contribution in [2.45, 2.75) is 6.92 Å². The van der Waals surface area contributed by atoms with Crippen LogP contribution in [0.25, 0.3) is 11.2 Å². The maximum absolute atomic E-state index is 12.9. The van der Waals surface area contributed by atoms with Gasteiger partial charge in [0.1, 0.15) is 11.4 Å². The Hall–Kier alpha value is -4.12. The van der Waals surface area contributed by atoms with Crippen molar-refractivity contribution in [2.75, 3.05) is 11.1 Å². The van der Waals surface area contributed by atoms with Gasteiger partial charge in [0, 0.05) is 12.3 Å². The van der Waals surface area contributed by atoms with E-state index in [0.717, 1.165) is 5.69 Å². The van der Waals surface area contributed by atoms with Crippen LogP contribution in [-0.4, -0.2) is 25.3 Å². The van der Waals surface area contributed by atoms with Gasteiger partial charge in [0.05, 0.1) is 28.5 Å². The number of nitrogens with one attached hydrogen (secondary N) is 1. The van der Waals surface area contributed by atoms with Crippen LogP contribution in [0.5, 0.6) is 0 Å². The molecule has 3 aromatic heterocycles. The number of rotatable bonds is 3. The number of hydrogen-bond donors (Lipinski definition) is 2. The fourth-order valence-electron chi connectivity index (χ4n) is 2.92. The minimum atomic E-state index is -0.383. The van der Waals surface area contributed by atoms with Crippen LogP contribution in [0, 0.1) is 18.3 Å². The SMILES string of the molecule is Cc1cc(NC(=O)c2c(N)nn3ccccc23)n(-c2cccc(C#N)c2)n1. The van der Waals surface area contributed by atoms with Crippen molar-refractivity contribution in [3.05, 3.63) is 71.5 Å². The van der Waals surface area contributed by atoms with E-state index in [2.05, 4.69) is 21.6 Å². The zero-order chi connectivity index (χ0) is 19.0. The first-order chi connectivity index (χ1) is 13.1. The number of nitrogens with zero attached hydrogens (tertiary/aromatic N) is 5. The molecule has 0 saturated carbocycles. The molecule has 3 heterocycles. The van der Waals surface area contributed by atoms with Crippen LogP contribution in [0.2, 0.25) is 0 Å². The van der Waals surface area contributed by atoms with Gasteiger partial charge in [-0.3, -0.25) is 4.79 Å². The maximum Gasteiger partial charge on any atom is 0.262 e. The highest BCUT2D eigenvalue weighted by atomic mass is 16.1. The number of nitrogen functional groups attached to an aromatic ring is 1. The number of fused-ring (bicyclic) bond motifs is 1. The third kappa shape index (κ3) is 2.87. The number of carbonyl (C=O) groups is 1. The highest BCUT2D eigenvalue weighted by Gasteiger charge is 2.20. The predicted molar refractivity (Wildman–Crippen MR) is 101 cm³/mol. The summed E-state index contributed by atoms with van der Waals surface area (Å²) in [6, 6.07) is 16.2. The topological polar surface area (TPSA) is 114 Å². The fourth-order valence-corrected chi connectivity index (χ4v) is 2.92. The average Bonchev–Trinajstić information content (AvgIpc) is 3.20. The highest BCUT2D eigenvalue weighted by molar-refractivity contribution is 6.12. The molecule has 132 valence electrons. The molecular formula is C19H15N7O. The van der Waals surface area contributed by atoms with Crippen LogP contribution in [0.1, 0.15) is 21.6 Å². The zero-order valence-electron chi connectivity index (χ0n) is 14.4. The normalized spacial score (nSPS) is 10.7. The molecule has 4 rings (SSSR count). The second-order valence-corrected chi connectivity index (χ2v) is 5.99. The molecule has 0 saturated heterocycles. The number of anilines is 2. The molecule has 3 N–H and O–H groups in total. The lowest BCUT2D eigenvalue weighted by atomic mass is 10.2. The summed E-state index contributed by atoms with van der Waals surface area (Å²) in [5.74, 6) is 0.238. The predicted octanol–water partition coefficient (Wildman–Crippen LogP) is 2.53. The van der Waals surface area contributed by atoms with Crippen molar-refractivity contribution >= 4 is 23.1 Å². The third-order valence-electron chi connectivity index (χ3n) is 4.09. The number of aromatic nitrogens is 4. The van der Waals surface area contributed by atoms with Crippen LogP contribution in [-0.2, 0) is 0 Å². The van der Waals surface area contributed by atoms with Crippen molar-refractivity contribution in [2.24, 2.45) is 0 Å². The molecule has 0 radical (unpaired) electrons. The Morgan fingerprint density at radius 3 is 2.85 bits per heavy atom. The summed E-state index contributed by atoms with van der Waals surface area (Å²) in [5, 5.41) is 20.5. The number of pyridine rings is 1. The molecule has 0 spiro atoms. The summed E-state index contributed by atoms with van der Waals surface area (Å²) >= 11 is 0. The van der Waals surface area contributed by atoms with E-state index in [1.807, 2.05) is 25.1 Å². The first-order valence-electron chi connectivity index (χ1n) is 8.18. The monoisotopic (exact) mass is 357 g/mol. The molecule has 0 atom stereocenters. The second kappa shape index (κ2) is 6.31. The lowest BCUT2D eigenvalue weighted by Crippen LogP contribution is -2.16.